The van der Waals surface area contributed by atoms with Crippen molar-refractivity contribution in [2.75, 3.05) is 25.4 Å². The summed E-state index contributed by atoms with van der Waals surface area (Å²) in [5, 5.41) is 2.82. The predicted molar refractivity (Wildman–Crippen MR) is 107 cm³/mol. The first-order valence-electron chi connectivity index (χ1n) is 9.79. The molecule has 1 aromatic carbocycles. The Morgan fingerprint density at radius 1 is 1.18 bits per heavy atom. The normalized spacial score (nSPS) is 17.1. The molecular formula is C20H30N2O5S. The quantitative estimate of drug-likeness (QED) is 0.662. The van der Waals surface area contributed by atoms with Crippen LogP contribution in [0, 0.1) is 5.92 Å². The van der Waals surface area contributed by atoms with Gasteiger partial charge in [-0.05, 0) is 44.2 Å². The van der Waals surface area contributed by atoms with E-state index in [9.17, 15) is 18.0 Å². The molecule has 156 valence electrons. The molecule has 1 N–H and O–H groups in total. The van der Waals surface area contributed by atoms with Gasteiger partial charge >= 0.3 is 5.97 Å². The number of amides is 1. The molecule has 1 fully saturated rings. The van der Waals surface area contributed by atoms with E-state index in [0.717, 1.165) is 12.0 Å². The summed E-state index contributed by atoms with van der Waals surface area (Å²) in [4.78, 5) is 24.3. The lowest BCUT2D eigenvalue weighted by molar-refractivity contribution is -0.153. The first-order chi connectivity index (χ1) is 13.3. The minimum absolute atomic E-state index is 0.0572. The van der Waals surface area contributed by atoms with Gasteiger partial charge in [-0.3, -0.25) is 9.59 Å². The van der Waals surface area contributed by atoms with E-state index in [1.165, 1.54) is 9.87 Å². The van der Waals surface area contributed by atoms with Crippen molar-refractivity contribution in [3.63, 3.8) is 0 Å². The highest BCUT2D eigenvalue weighted by Gasteiger charge is 2.31. The Balaban J connectivity index is 1.75. The van der Waals surface area contributed by atoms with Crippen molar-refractivity contribution in [1.82, 2.24) is 9.62 Å². The number of hydrogen-bond acceptors (Lipinski definition) is 5. The van der Waals surface area contributed by atoms with Crippen molar-refractivity contribution >= 4 is 21.9 Å². The average molecular weight is 411 g/mol. The minimum Gasteiger partial charge on any atom is -0.455 e. The standard InChI is InChI=1S/C20H30N2O5S/c1-4-16-6-8-17(9-7-16)15(3)21-19(23)14-27-20(24)18-10-12-22(13-11-18)28(25,26)5-2/h6-9,15,18H,4-5,10-14H2,1-3H3,(H,21,23). The van der Waals surface area contributed by atoms with Gasteiger partial charge in [0.05, 0.1) is 17.7 Å². The Morgan fingerprint density at radius 2 is 1.79 bits per heavy atom. The maximum atomic E-state index is 12.2. The Labute approximate surface area is 167 Å². The summed E-state index contributed by atoms with van der Waals surface area (Å²) in [7, 11) is -3.22. The van der Waals surface area contributed by atoms with Crippen molar-refractivity contribution < 1.29 is 22.7 Å². The van der Waals surface area contributed by atoms with Gasteiger partial charge in [0.25, 0.3) is 5.91 Å². The number of hydrogen-bond donors (Lipinski definition) is 1. The van der Waals surface area contributed by atoms with Crippen molar-refractivity contribution in [2.45, 2.75) is 46.1 Å². The van der Waals surface area contributed by atoms with Gasteiger partial charge in [0.1, 0.15) is 0 Å². The number of piperidine rings is 1. The molecule has 0 aromatic heterocycles. The predicted octanol–water partition coefficient (Wildman–Crippen LogP) is 2.03. The number of sulfonamides is 1. The van der Waals surface area contributed by atoms with Gasteiger partial charge < -0.3 is 10.1 Å². The van der Waals surface area contributed by atoms with E-state index in [1.54, 1.807) is 6.92 Å². The summed E-state index contributed by atoms with van der Waals surface area (Å²) in [5.41, 5.74) is 2.22. The van der Waals surface area contributed by atoms with E-state index in [1.807, 2.05) is 31.2 Å². The average Bonchev–Trinajstić information content (AvgIpc) is 2.72. The summed E-state index contributed by atoms with van der Waals surface area (Å²) in [6.45, 7) is 5.86. The van der Waals surface area contributed by atoms with Gasteiger partial charge in [0.15, 0.2) is 6.61 Å². The van der Waals surface area contributed by atoms with Gasteiger partial charge in [-0.15, -0.1) is 0 Å². The number of nitrogens with zero attached hydrogens (tertiary/aromatic N) is 1. The number of carbonyl (C=O) groups is 2. The highest BCUT2D eigenvalue weighted by molar-refractivity contribution is 7.89. The van der Waals surface area contributed by atoms with E-state index in [4.69, 9.17) is 4.74 Å². The molecule has 28 heavy (non-hydrogen) atoms. The zero-order valence-electron chi connectivity index (χ0n) is 16.8. The first-order valence-corrected chi connectivity index (χ1v) is 11.4. The summed E-state index contributed by atoms with van der Waals surface area (Å²) in [6, 6.07) is 7.84. The zero-order valence-corrected chi connectivity index (χ0v) is 17.6. The topological polar surface area (TPSA) is 92.8 Å². The Kier molecular flexibility index (Phi) is 8.00. The molecule has 0 spiro atoms. The van der Waals surface area contributed by atoms with Crippen LogP contribution in [-0.4, -0.2) is 50.0 Å². The second kappa shape index (κ2) is 10.0. The van der Waals surface area contributed by atoms with Crippen molar-refractivity contribution in [3.8, 4) is 0 Å². The number of carbonyl (C=O) groups excluding carboxylic acids is 2. The Bertz CT molecular complexity index is 768. The Morgan fingerprint density at radius 3 is 2.32 bits per heavy atom. The van der Waals surface area contributed by atoms with E-state index in [2.05, 4.69) is 12.2 Å². The Hall–Kier alpha value is -1.93. The molecule has 1 unspecified atom stereocenters. The van der Waals surface area contributed by atoms with E-state index >= 15 is 0 Å². The molecule has 0 bridgehead atoms. The highest BCUT2D eigenvalue weighted by atomic mass is 32.2. The number of ether oxygens (including phenoxy) is 1. The molecule has 2 rings (SSSR count). The molecular weight excluding hydrogens is 380 g/mol. The highest BCUT2D eigenvalue weighted by Crippen LogP contribution is 2.21. The van der Waals surface area contributed by atoms with Crippen molar-refractivity contribution in [1.29, 1.82) is 0 Å². The summed E-state index contributed by atoms with van der Waals surface area (Å²) in [6.07, 6.45) is 1.79. The number of aryl methyl sites for hydroxylation is 1. The third-order valence-corrected chi connectivity index (χ3v) is 7.04. The van der Waals surface area contributed by atoms with E-state index < -0.39 is 16.0 Å². The summed E-state index contributed by atoms with van der Waals surface area (Å²) < 4.78 is 30.3. The molecule has 0 aliphatic carbocycles. The largest absolute Gasteiger partial charge is 0.455 e. The van der Waals surface area contributed by atoms with Crippen LogP contribution in [0.2, 0.25) is 0 Å². The van der Waals surface area contributed by atoms with Gasteiger partial charge in [0, 0.05) is 13.1 Å². The lowest BCUT2D eigenvalue weighted by Crippen LogP contribution is -2.41. The monoisotopic (exact) mass is 410 g/mol. The van der Waals surface area contributed by atoms with Crippen LogP contribution in [0.3, 0.4) is 0 Å². The molecule has 1 aliphatic rings. The fourth-order valence-corrected chi connectivity index (χ4v) is 4.35. The number of benzene rings is 1. The number of esters is 1. The van der Waals surface area contributed by atoms with Gasteiger partial charge in [-0.1, -0.05) is 31.2 Å². The zero-order chi connectivity index (χ0) is 20.7. The van der Waals surface area contributed by atoms with Crippen LogP contribution in [-0.2, 0) is 30.8 Å². The first kappa shape index (κ1) is 22.4. The number of nitrogens with one attached hydrogen (secondary N) is 1. The van der Waals surface area contributed by atoms with Gasteiger partial charge in [0.2, 0.25) is 10.0 Å². The number of rotatable bonds is 8. The van der Waals surface area contributed by atoms with Gasteiger partial charge in [-0.2, -0.15) is 0 Å². The second-order valence-corrected chi connectivity index (χ2v) is 9.32. The molecule has 7 nitrogen and oxygen atoms in total. The van der Waals surface area contributed by atoms with E-state index in [0.29, 0.717) is 25.9 Å². The third-order valence-electron chi connectivity index (χ3n) is 5.16. The summed E-state index contributed by atoms with van der Waals surface area (Å²) >= 11 is 0. The van der Waals surface area contributed by atoms with Crippen LogP contribution in [0.5, 0.6) is 0 Å². The molecule has 8 heteroatoms. The van der Waals surface area contributed by atoms with Crippen LogP contribution < -0.4 is 5.32 Å². The maximum absolute atomic E-state index is 12.2. The minimum atomic E-state index is -3.22. The molecule has 1 heterocycles. The molecule has 1 aromatic rings. The van der Waals surface area contributed by atoms with Crippen LogP contribution in [0.25, 0.3) is 0 Å². The fraction of sp³-hybridized carbons (Fsp3) is 0.600. The van der Waals surface area contributed by atoms with Crippen LogP contribution in [0.1, 0.15) is 50.8 Å². The summed E-state index contributed by atoms with van der Waals surface area (Å²) in [5.74, 6) is -1.10. The van der Waals surface area contributed by atoms with Crippen LogP contribution in [0.4, 0.5) is 0 Å². The van der Waals surface area contributed by atoms with Crippen molar-refractivity contribution in [2.24, 2.45) is 5.92 Å². The SMILES string of the molecule is CCc1ccc(C(C)NC(=O)COC(=O)C2CCN(S(=O)(=O)CC)CC2)cc1. The lowest BCUT2D eigenvalue weighted by Gasteiger charge is -2.29. The smallest absolute Gasteiger partial charge is 0.309 e. The molecule has 1 atom stereocenters. The molecule has 1 aliphatic heterocycles. The molecule has 1 saturated heterocycles. The molecule has 0 radical (unpaired) electrons. The maximum Gasteiger partial charge on any atom is 0.309 e. The third kappa shape index (κ3) is 6.04. The van der Waals surface area contributed by atoms with Crippen LogP contribution in [0.15, 0.2) is 24.3 Å². The fourth-order valence-electron chi connectivity index (χ4n) is 3.22. The van der Waals surface area contributed by atoms with E-state index in [-0.39, 0.29) is 30.2 Å². The van der Waals surface area contributed by atoms with Crippen molar-refractivity contribution in [3.05, 3.63) is 35.4 Å². The second-order valence-electron chi connectivity index (χ2n) is 7.07. The van der Waals surface area contributed by atoms with Crippen LogP contribution >= 0.6 is 0 Å². The van der Waals surface area contributed by atoms with Gasteiger partial charge in [-0.25, -0.2) is 12.7 Å². The lowest BCUT2D eigenvalue weighted by atomic mass is 9.98. The molecule has 1 amide bonds. The molecule has 0 saturated carbocycles.